The molecule has 4 nitrogen and oxygen atoms in total. The number of unbranched alkanes of at least 4 members (excludes halogenated alkanes) is 1. The molecule has 132 valence electrons. The quantitative estimate of drug-likeness (QED) is 0.866. The van der Waals surface area contributed by atoms with Gasteiger partial charge >= 0.3 is 0 Å². The van der Waals surface area contributed by atoms with Gasteiger partial charge in [0, 0.05) is 19.6 Å². The van der Waals surface area contributed by atoms with Crippen LogP contribution in [0, 0.1) is 0 Å². The molecule has 1 fully saturated rings. The molecule has 1 unspecified atom stereocenters. The summed E-state index contributed by atoms with van der Waals surface area (Å²) >= 11 is 0. The van der Waals surface area contributed by atoms with E-state index in [1.807, 2.05) is 11.0 Å². The summed E-state index contributed by atoms with van der Waals surface area (Å²) in [5, 5.41) is 0. The Morgan fingerprint density at radius 3 is 2.52 bits per heavy atom. The maximum Gasteiger partial charge on any atom is 0.240 e. The molecule has 0 bridgehead atoms. The molecule has 4 heteroatoms. The van der Waals surface area contributed by atoms with Gasteiger partial charge in [0.1, 0.15) is 0 Å². The van der Waals surface area contributed by atoms with Gasteiger partial charge in [-0.3, -0.25) is 9.69 Å². The van der Waals surface area contributed by atoms with Crippen LogP contribution in [0.15, 0.2) is 23.3 Å². The molecule has 0 radical (unpaired) electrons. The van der Waals surface area contributed by atoms with Gasteiger partial charge in [-0.1, -0.05) is 44.4 Å². The Labute approximate surface area is 142 Å². The molecule has 1 amide bonds. The average Bonchev–Trinajstić information content (AvgIpc) is 2.99. The van der Waals surface area contributed by atoms with Crippen LogP contribution in [-0.4, -0.2) is 55.0 Å². The molecule has 2 aliphatic rings. The number of hydrogen-bond donors (Lipinski definition) is 1. The van der Waals surface area contributed by atoms with E-state index < -0.39 is 0 Å². The van der Waals surface area contributed by atoms with Crippen LogP contribution in [0.3, 0.4) is 0 Å². The van der Waals surface area contributed by atoms with Crippen molar-refractivity contribution in [2.75, 3.05) is 33.2 Å². The zero-order chi connectivity index (χ0) is 17.2. The van der Waals surface area contributed by atoms with Gasteiger partial charge in [-0.15, -0.1) is 0 Å². The van der Waals surface area contributed by atoms with Gasteiger partial charge in [-0.05, 0) is 45.4 Å². The van der Waals surface area contributed by atoms with E-state index in [-0.39, 0.29) is 6.04 Å². The number of likely N-dealkylation sites (tertiary alicyclic amines) is 1. The molecule has 0 aromatic carbocycles. The van der Waals surface area contributed by atoms with Crippen LogP contribution in [0.4, 0.5) is 0 Å². The summed E-state index contributed by atoms with van der Waals surface area (Å²) in [7, 11) is 2.05. The Morgan fingerprint density at radius 1 is 1.30 bits per heavy atom. The smallest absolute Gasteiger partial charge is 0.240 e. The lowest BCUT2D eigenvalue weighted by Crippen LogP contribution is -2.46. The van der Waals surface area contributed by atoms with Crippen molar-refractivity contribution < 1.29 is 4.79 Å². The highest BCUT2D eigenvalue weighted by atomic mass is 16.2. The van der Waals surface area contributed by atoms with Gasteiger partial charge in [-0.25, -0.2) is 0 Å². The summed E-state index contributed by atoms with van der Waals surface area (Å²) in [6, 6.07) is 0.0955. The second-order valence-electron chi connectivity index (χ2n) is 6.59. The van der Waals surface area contributed by atoms with Crippen LogP contribution in [0.5, 0.6) is 0 Å². The number of amides is 1. The van der Waals surface area contributed by atoms with Gasteiger partial charge in [0.2, 0.25) is 5.91 Å². The molecule has 1 saturated heterocycles. The van der Waals surface area contributed by atoms with Crippen molar-refractivity contribution in [3.05, 3.63) is 23.3 Å². The Balaban J connectivity index is 0.000000593. The minimum Gasteiger partial charge on any atom is -0.337 e. The lowest BCUT2D eigenvalue weighted by atomic mass is 10.00. The topological polar surface area (TPSA) is 49.6 Å². The van der Waals surface area contributed by atoms with Gasteiger partial charge in [0.05, 0.1) is 6.04 Å². The van der Waals surface area contributed by atoms with Gasteiger partial charge in [0.15, 0.2) is 0 Å². The predicted octanol–water partition coefficient (Wildman–Crippen LogP) is 2.95. The van der Waals surface area contributed by atoms with Crippen molar-refractivity contribution >= 4 is 5.91 Å². The van der Waals surface area contributed by atoms with E-state index in [1.165, 1.54) is 24.0 Å². The zero-order valence-electron chi connectivity index (χ0n) is 15.5. The molecule has 0 aromatic rings. The maximum atomic E-state index is 12.5. The van der Waals surface area contributed by atoms with Crippen molar-refractivity contribution in [2.45, 2.75) is 58.9 Å². The molecule has 23 heavy (non-hydrogen) atoms. The molecular formula is C19H35N3O. The normalized spacial score (nSPS) is 22.5. The first-order valence-corrected chi connectivity index (χ1v) is 9.09. The van der Waals surface area contributed by atoms with Crippen LogP contribution in [0.25, 0.3) is 0 Å². The molecule has 2 heterocycles. The van der Waals surface area contributed by atoms with Crippen molar-refractivity contribution in [2.24, 2.45) is 5.73 Å². The average molecular weight is 322 g/mol. The highest BCUT2D eigenvalue weighted by molar-refractivity contribution is 5.82. The summed E-state index contributed by atoms with van der Waals surface area (Å²) in [6.07, 6.45) is 9.80. The molecule has 2 N–H and O–H groups in total. The van der Waals surface area contributed by atoms with Crippen molar-refractivity contribution in [3.63, 3.8) is 0 Å². The Hall–Kier alpha value is -1.13. The Morgan fingerprint density at radius 2 is 2.00 bits per heavy atom. The third-order valence-electron chi connectivity index (χ3n) is 4.74. The first kappa shape index (κ1) is 19.9. The lowest BCUT2D eigenvalue weighted by molar-refractivity contribution is -0.135. The minimum absolute atomic E-state index is 0.0955. The van der Waals surface area contributed by atoms with Crippen LogP contribution in [0.2, 0.25) is 0 Å². The van der Waals surface area contributed by atoms with Crippen LogP contribution in [0.1, 0.15) is 52.9 Å². The van der Waals surface area contributed by atoms with E-state index in [2.05, 4.69) is 38.8 Å². The predicted molar refractivity (Wildman–Crippen MR) is 98.3 cm³/mol. The van der Waals surface area contributed by atoms with E-state index >= 15 is 0 Å². The molecule has 0 aliphatic carbocycles. The Bertz CT molecular complexity index is 426. The SMILES string of the molecule is CC1=C(/C=C\CN)CN(C(=O)C2CCCN2C)CC1.CCCC. The second-order valence-corrected chi connectivity index (χ2v) is 6.59. The minimum atomic E-state index is 0.0955. The van der Waals surface area contributed by atoms with Crippen molar-refractivity contribution in [1.29, 1.82) is 0 Å². The number of carbonyl (C=O) groups is 1. The molecule has 0 spiro atoms. The van der Waals surface area contributed by atoms with Gasteiger partial charge in [-0.2, -0.15) is 0 Å². The first-order valence-electron chi connectivity index (χ1n) is 9.09. The van der Waals surface area contributed by atoms with Crippen molar-refractivity contribution in [3.8, 4) is 0 Å². The second kappa shape index (κ2) is 10.6. The molecular weight excluding hydrogens is 286 g/mol. The number of carbonyl (C=O) groups excluding carboxylic acids is 1. The highest BCUT2D eigenvalue weighted by Crippen LogP contribution is 2.23. The summed E-state index contributed by atoms with van der Waals surface area (Å²) < 4.78 is 0. The molecule has 1 atom stereocenters. The molecule has 0 saturated carbocycles. The largest absolute Gasteiger partial charge is 0.337 e. The summed E-state index contributed by atoms with van der Waals surface area (Å²) in [5.74, 6) is 0.297. The number of nitrogens with zero attached hydrogens (tertiary/aromatic N) is 2. The third kappa shape index (κ3) is 6.11. The highest BCUT2D eigenvalue weighted by Gasteiger charge is 2.32. The van der Waals surface area contributed by atoms with E-state index in [1.54, 1.807) is 0 Å². The monoisotopic (exact) mass is 321 g/mol. The zero-order valence-corrected chi connectivity index (χ0v) is 15.5. The first-order chi connectivity index (χ1) is 11.0. The molecule has 2 aliphatic heterocycles. The number of likely N-dealkylation sites (N-methyl/N-ethyl adjacent to an activating group) is 1. The van der Waals surface area contributed by atoms with Gasteiger partial charge < -0.3 is 10.6 Å². The van der Waals surface area contributed by atoms with Crippen LogP contribution < -0.4 is 5.73 Å². The van der Waals surface area contributed by atoms with Crippen LogP contribution >= 0.6 is 0 Å². The van der Waals surface area contributed by atoms with Crippen molar-refractivity contribution in [1.82, 2.24) is 9.80 Å². The molecule has 2 rings (SSSR count). The van der Waals surface area contributed by atoms with E-state index in [0.29, 0.717) is 12.5 Å². The van der Waals surface area contributed by atoms with Gasteiger partial charge in [0.25, 0.3) is 0 Å². The fraction of sp³-hybridized carbons (Fsp3) is 0.737. The Kier molecular flexibility index (Phi) is 9.19. The van der Waals surface area contributed by atoms with E-state index in [4.69, 9.17) is 5.73 Å². The maximum absolute atomic E-state index is 12.5. The van der Waals surface area contributed by atoms with Crippen LogP contribution in [-0.2, 0) is 4.79 Å². The van der Waals surface area contributed by atoms with E-state index in [9.17, 15) is 4.79 Å². The standard InChI is InChI=1S/C15H25N3O.C4H10/c1-12-7-10-18(11-13(12)5-3-8-16)15(19)14-6-4-9-17(14)2;1-3-4-2/h3,5,14H,4,6-11,16H2,1-2H3;3-4H2,1-2H3/b5-3-;. The number of nitrogens with two attached hydrogens (primary N) is 1. The number of hydrogen-bond acceptors (Lipinski definition) is 3. The summed E-state index contributed by atoms with van der Waals surface area (Å²) in [6.45, 7) is 9.70. The van der Waals surface area contributed by atoms with E-state index in [0.717, 1.165) is 38.9 Å². The molecule has 0 aromatic heterocycles. The fourth-order valence-electron chi connectivity index (χ4n) is 2.91. The fourth-order valence-corrected chi connectivity index (χ4v) is 2.91. The third-order valence-corrected chi connectivity index (χ3v) is 4.74. The number of rotatable bonds is 4. The summed E-state index contributed by atoms with van der Waals surface area (Å²) in [5.41, 5.74) is 8.14. The lowest BCUT2D eigenvalue weighted by Gasteiger charge is -2.32. The summed E-state index contributed by atoms with van der Waals surface area (Å²) in [4.78, 5) is 16.7.